The second kappa shape index (κ2) is 41.1. The molecule has 1 amide bonds. The Kier molecular flexibility index (Phi) is 39.7. The van der Waals surface area contributed by atoms with Crippen molar-refractivity contribution < 1.29 is 20.1 Å². The van der Waals surface area contributed by atoms with Gasteiger partial charge in [-0.05, 0) is 64.2 Å². The van der Waals surface area contributed by atoms with Crippen LogP contribution in [0.3, 0.4) is 0 Å². The van der Waals surface area contributed by atoms with E-state index in [9.17, 15) is 20.1 Å². The number of carbonyl (C=O) groups is 1. The lowest BCUT2D eigenvalue weighted by atomic mass is 10.0. The summed E-state index contributed by atoms with van der Waals surface area (Å²) in [5.41, 5.74) is 0. The van der Waals surface area contributed by atoms with Crippen molar-refractivity contribution in [1.82, 2.24) is 5.32 Å². The molecule has 0 heterocycles. The summed E-state index contributed by atoms with van der Waals surface area (Å²) in [7, 11) is 0. The zero-order valence-electron chi connectivity index (χ0n) is 33.7. The summed E-state index contributed by atoms with van der Waals surface area (Å²) < 4.78 is 0. The van der Waals surface area contributed by atoms with Crippen LogP contribution >= 0.6 is 0 Å². The minimum atomic E-state index is -1.12. The van der Waals surface area contributed by atoms with E-state index in [1.807, 2.05) is 6.08 Å². The fourth-order valence-electron chi connectivity index (χ4n) is 6.41. The molecule has 4 N–H and O–H groups in total. The van der Waals surface area contributed by atoms with Gasteiger partial charge in [-0.2, -0.15) is 0 Å². The van der Waals surface area contributed by atoms with Gasteiger partial charge in [0.2, 0.25) is 5.91 Å². The number of rotatable bonds is 39. The van der Waals surface area contributed by atoms with Crippen LogP contribution in [0, 0.1) is 0 Å². The second-order valence-electron chi connectivity index (χ2n) is 14.9. The molecular formula is C46H85NO4. The predicted molar refractivity (Wildman–Crippen MR) is 222 cm³/mol. The fraction of sp³-hybridized carbons (Fsp3) is 0.804. The second-order valence-corrected chi connectivity index (χ2v) is 14.9. The zero-order valence-corrected chi connectivity index (χ0v) is 33.7. The normalized spacial score (nSPS) is 14.1. The average molecular weight is 716 g/mol. The first-order chi connectivity index (χ1) is 25.1. The molecular weight excluding hydrogens is 631 g/mol. The van der Waals surface area contributed by atoms with Crippen LogP contribution in [0.1, 0.15) is 213 Å². The van der Waals surface area contributed by atoms with Crippen LogP contribution in [0.5, 0.6) is 0 Å². The van der Waals surface area contributed by atoms with Crippen molar-refractivity contribution in [3.8, 4) is 0 Å². The minimum Gasteiger partial charge on any atom is -0.394 e. The molecule has 0 aromatic rings. The van der Waals surface area contributed by atoms with Gasteiger partial charge in [-0.15, -0.1) is 0 Å². The quantitative estimate of drug-likeness (QED) is 0.0377. The fourth-order valence-corrected chi connectivity index (χ4v) is 6.41. The summed E-state index contributed by atoms with van der Waals surface area (Å²) in [6, 6.07) is -0.819. The summed E-state index contributed by atoms with van der Waals surface area (Å²) in [6.07, 6.45) is 52.8. The monoisotopic (exact) mass is 716 g/mol. The van der Waals surface area contributed by atoms with E-state index in [2.05, 4.69) is 55.6 Å². The van der Waals surface area contributed by atoms with Gasteiger partial charge >= 0.3 is 0 Å². The van der Waals surface area contributed by atoms with Gasteiger partial charge in [0.15, 0.2) is 0 Å². The molecule has 0 radical (unpaired) electrons. The van der Waals surface area contributed by atoms with E-state index in [1.165, 1.54) is 141 Å². The van der Waals surface area contributed by atoms with Gasteiger partial charge in [0.05, 0.1) is 18.8 Å². The number of unbranched alkanes of at least 4 members (excludes halogenated alkanes) is 25. The number of hydrogen-bond acceptors (Lipinski definition) is 4. The van der Waals surface area contributed by atoms with Crippen LogP contribution in [-0.2, 0) is 4.79 Å². The molecule has 0 aliphatic carbocycles. The maximum absolute atomic E-state index is 12.5. The Morgan fingerprint density at radius 1 is 0.490 bits per heavy atom. The highest BCUT2D eigenvalue weighted by atomic mass is 16.3. The number of nitrogens with one attached hydrogen (secondary N) is 1. The van der Waals surface area contributed by atoms with Crippen LogP contribution in [0.4, 0.5) is 0 Å². The third kappa shape index (κ3) is 36.5. The van der Waals surface area contributed by atoms with Crippen LogP contribution in [0.15, 0.2) is 48.6 Å². The Morgan fingerprint density at radius 2 is 0.863 bits per heavy atom. The molecule has 0 aliphatic rings. The van der Waals surface area contributed by atoms with Gasteiger partial charge in [0, 0.05) is 0 Å². The highest BCUT2D eigenvalue weighted by Gasteiger charge is 2.22. The Balaban J connectivity index is 3.74. The smallest absolute Gasteiger partial charge is 0.249 e. The molecule has 0 fully saturated rings. The number of amides is 1. The van der Waals surface area contributed by atoms with E-state index in [4.69, 9.17) is 0 Å². The van der Waals surface area contributed by atoms with Gasteiger partial charge < -0.3 is 20.6 Å². The van der Waals surface area contributed by atoms with Crippen molar-refractivity contribution in [2.24, 2.45) is 0 Å². The van der Waals surface area contributed by atoms with Crippen LogP contribution in [0.25, 0.3) is 0 Å². The van der Waals surface area contributed by atoms with E-state index < -0.39 is 24.2 Å². The van der Waals surface area contributed by atoms with Crippen LogP contribution in [-0.4, -0.2) is 46.1 Å². The van der Waals surface area contributed by atoms with E-state index in [-0.39, 0.29) is 6.61 Å². The summed E-state index contributed by atoms with van der Waals surface area (Å²) in [5, 5.41) is 33.1. The summed E-state index contributed by atoms with van der Waals surface area (Å²) in [5.74, 6) is -0.522. The van der Waals surface area contributed by atoms with E-state index >= 15 is 0 Å². The van der Waals surface area contributed by atoms with Crippen molar-refractivity contribution in [1.29, 1.82) is 0 Å². The average Bonchev–Trinajstić information content (AvgIpc) is 3.13. The number of carbonyl (C=O) groups excluding carboxylic acids is 1. The molecule has 0 saturated heterocycles. The van der Waals surface area contributed by atoms with E-state index in [0.717, 1.165) is 51.4 Å². The number of allylic oxidation sites excluding steroid dienone is 7. The van der Waals surface area contributed by atoms with Gasteiger partial charge in [0.1, 0.15) is 6.10 Å². The third-order valence-electron chi connectivity index (χ3n) is 9.89. The van der Waals surface area contributed by atoms with Gasteiger partial charge in [0.25, 0.3) is 0 Å². The topological polar surface area (TPSA) is 89.8 Å². The van der Waals surface area contributed by atoms with E-state index in [0.29, 0.717) is 6.42 Å². The summed E-state index contributed by atoms with van der Waals surface area (Å²) in [4.78, 5) is 12.5. The molecule has 5 heteroatoms. The lowest BCUT2D eigenvalue weighted by molar-refractivity contribution is -0.131. The highest BCUT2D eigenvalue weighted by Crippen LogP contribution is 2.13. The first-order valence-electron chi connectivity index (χ1n) is 22.0. The standard InChI is InChI=1S/C46H85NO4/c1-3-5-7-9-11-13-15-17-19-20-21-22-23-24-25-27-29-31-33-35-37-39-41-45(50)46(51)47-43(42-48)44(49)40-38-36-34-32-30-28-26-18-16-14-12-10-8-6-4-2/h21-22,24-25,30,32,38,40,43-45,48-50H,3-20,23,26-29,31,33-37,39,41-42H2,1-2H3,(H,47,51)/b22-21-,25-24-,32-30+,40-38+. The maximum Gasteiger partial charge on any atom is 0.249 e. The van der Waals surface area contributed by atoms with Crippen molar-refractivity contribution >= 4 is 5.91 Å². The molecule has 0 bridgehead atoms. The minimum absolute atomic E-state index is 0.381. The first kappa shape index (κ1) is 49.3. The number of aliphatic hydroxyl groups is 3. The Hall–Kier alpha value is -1.69. The molecule has 51 heavy (non-hydrogen) atoms. The van der Waals surface area contributed by atoms with Gasteiger partial charge in [-0.3, -0.25) is 4.79 Å². The number of aliphatic hydroxyl groups excluding tert-OH is 3. The molecule has 0 aromatic carbocycles. The molecule has 3 unspecified atom stereocenters. The van der Waals surface area contributed by atoms with Gasteiger partial charge in [-0.1, -0.05) is 197 Å². The SMILES string of the molecule is CCCCCCCCCCC/C=C\C/C=C\CCCCCCCCC(O)C(=O)NC(CO)C(O)/C=C/CC/C=C/CCCCCCCCCCC. The van der Waals surface area contributed by atoms with Crippen molar-refractivity contribution in [3.63, 3.8) is 0 Å². The molecule has 5 nitrogen and oxygen atoms in total. The predicted octanol–water partition coefficient (Wildman–Crippen LogP) is 12.5. The molecule has 298 valence electrons. The van der Waals surface area contributed by atoms with Crippen molar-refractivity contribution in [3.05, 3.63) is 48.6 Å². The summed E-state index contributed by atoms with van der Waals surface area (Å²) in [6.45, 7) is 4.16. The Morgan fingerprint density at radius 3 is 1.31 bits per heavy atom. The van der Waals surface area contributed by atoms with Crippen molar-refractivity contribution in [2.45, 2.75) is 231 Å². The highest BCUT2D eigenvalue weighted by molar-refractivity contribution is 5.80. The van der Waals surface area contributed by atoms with Gasteiger partial charge in [-0.25, -0.2) is 0 Å². The Bertz CT molecular complexity index is 835. The zero-order chi connectivity index (χ0) is 37.3. The summed E-state index contributed by atoms with van der Waals surface area (Å²) >= 11 is 0. The van der Waals surface area contributed by atoms with E-state index in [1.54, 1.807) is 6.08 Å². The molecule has 0 rings (SSSR count). The molecule has 0 aliphatic heterocycles. The third-order valence-corrected chi connectivity index (χ3v) is 9.89. The molecule has 3 atom stereocenters. The first-order valence-corrected chi connectivity index (χ1v) is 22.0. The van der Waals surface area contributed by atoms with Crippen LogP contribution < -0.4 is 5.32 Å². The largest absolute Gasteiger partial charge is 0.394 e. The lowest BCUT2D eigenvalue weighted by Crippen LogP contribution is -2.48. The van der Waals surface area contributed by atoms with Crippen LogP contribution in [0.2, 0.25) is 0 Å². The van der Waals surface area contributed by atoms with Crippen molar-refractivity contribution in [2.75, 3.05) is 6.61 Å². The molecule has 0 spiro atoms. The number of hydrogen-bond donors (Lipinski definition) is 4. The molecule has 0 aromatic heterocycles. The lowest BCUT2D eigenvalue weighted by Gasteiger charge is -2.21. The molecule has 0 saturated carbocycles. The Labute approximate surface area is 316 Å². The maximum atomic E-state index is 12.5.